The van der Waals surface area contributed by atoms with Gasteiger partial charge in [0.15, 0.2) is 0 Å². The Labute approximate surface area is 87.2 Å². The van der Waals surface area contributed by atoms with E-state index in [0.29, 0.717) is 5.70 Å². The quantitative estimate of drug-likeness (QED) is 0.549. The standard InChI is InChI=1S/C11H10N2O2/c1-13-10(14)9(12-11(13)15)7-8-5-3-2-4-6-8/h2-7H,1H3,(H,12,15)/b9-7-. The number of benzene rings is 1. The number of urea groups is 1. The summed E-state index contributed by atoms with van der Waals surface area (Å²) in [6.45, 7) is 0. The lowest BCUT2D eigenvalue weighted by atomic mass is 10.2. The fourth-order valence-electron chi connectivity index (χ4n) is 1.34. The fourth-order valence-corrected chi connectivity index (χ4v) is 1.34. The Balaban J connectivity index is 2.30. The first-order valence-corrected chi connectivity index (χ1v) is 4.54. The predicted molar refractivity (Wildman–Crippen MR) is 55.7 cm³/mol. The van der Waals surface area contributed by atoms with E-state index in [1.807, 2.05) is 30.3 Å². The molecule has 0 atom stereocenters. The van der Waals surface area contributed by atoms with Crippen LogP contribution >= 0.6 is 0 Å². The highest BCUT2D eigenvalue weighted by atomic mass is 16.2. The molecule has 4 heteroatoms. The van der Waals surface area contributed by atoms with E-state index in [1.54, 1.807) is 6.08 Å². The van der Waals surface area contributed by atoms with Gasteiger partial charge < -0.3 is 5.32 Å². The normalized spacial score (nSPS) is 18.5. The second-order valence-electron chi connectivity index (χ2n) is 3.26. The minimum atomic E-state index is -0.387. The molecule has 2 rings (SSSR count). The van der Waals surface area contributed by atoms with Crippen molar-refractivity contribution in [3.63, 3.8) is 0 Å². The fraction of sp³-hybridized carbons (Fsp3) is 0.0909. The van der Waals surface area contributed by atoms with Crippen LogP contribution in [0.1, 0.15) is 5.56 Å². The molecule has 15 heavy (non-hydrogen) atoms. The summed E-state index contributed by atoms with van der Waals surface area (Å²) in [5, 5.41) is 2.50. The smallest absolute Gasteiger partial charge is 0.303 e. The van der Waals surface area contributed by atoms with Gasteiger partial charge in [-0.1, -0.05) is 30.3 Å². The molecule has 0 radical (unpaired) electrons. The summed E-state index contributed by atoms with van der Waals surface area (Å²) in [6.07, 6.45) is 1.66. The van der Waals surface area contributed by atoms with Gasteiger partial charge in [0.25, 0.3) is 5.91 Å². The largest absolute Gasteiger partial charge is 0.328 e. The third-order valence-electron chi connectivity index (χ3n) is 2.19. The Bertz CT molecular complexity index is 437. The molecule has 0 saturated carbocycles. The molecule has 4 nitrogen and oxygen atoms in total. The van der Waals surface area contributed by atoms with Crippen molar-refractivity contribution in [1.29, 1.82) is 0 Å². The average molecular weight is 202 g/mol. The Hall–Kier alpha value is -2.10. The molecular weight excluding hydrogens is 192 g/mol. The molecule has 1 aliphatic heterocycles. The monoisotopic (exact) mass is 202 g/mol. The molecule has 0 spiro atoms. The van der Waals surface area contributed by atoms with Crippen molar-refractivity contribution in [2.75, 3.05) is 7.05 Å². The molecule has 1 aromatic rings. The number of nitrogens with zero attached hydrogens (tertiary/aromatic N) is 1. The van der Waals surface area contributed by atoms with Gasteiger partial charge in [-0.05, 0) is 11.6 Å². The molecule has 3 amide bonds. The first kappa shape index (κ1) is 9.45. The zero-order valence-electron chi connectivity index (χ0n) is 8.23. The van der Waals surface area contributed by atoms with Gasteiger partial charge in [0.1, 0.15) is 5.70 Å². The van der Waals surface area contributed by atoms with Crippen molar-refractivity contribution in [2.45, 2.75) is 0 Å². The molecule has 1 aliphatic rings. The summed E-state index contributed by atoms with van der Waals surface area (Å²) in [5.41, 5.74) is 1.20. The molecule has 76 valence electrons. The second kappa shape index (κ2) is 3.57. The van der Waals surface area contributed by atoms with Crippen molar-refractivity contribution in [2.24, 2.45) is 0 Å². The summed E-state index contributed by atoms with van der Waals surface area (Å²) < 4.78 is 0. The zero-order chi connectivity index (χ0) is 10.8. The van der Waals surface area contributed by atoms with Crippen molar-refractivity contribution < 1.29 is 9.59 Å². The Kier molecular flexibility index (Phi) is 2.25. The molecule has 0 unspecified atom stereocenters. The van der Waals surface area contributed by atoms with Gasteiger partial charge in [0.2, 0.25) is 0 Å². The summed E-state index contributed by atoms with van der Waals surface area (Å²) in [4.78, 5) is 23.7. The molecule has 0 aliphatic carbocycles. The van der Waals surface area contributed by atoms with Crippen LogP contribution in [-0.4, -0.2) is 23.9 Å². The summed E-state index contributed by atoms with van der Waals surface area (Å²) in [7, 11) is 1.45. The van der Waals surface area contributed by atoms with Crippen LogP contribution in [0.4, 0.5) is 4.79 Å². The van der Waals surface area contributed by atoms with Crippen molar-refractivity contribution in [3.8, 4) is 0 Å². The van der Waals surface area contributed by atoms with Crippen molar-refractivity contribution in [3.05, 3.63) is 41.6 Å². The number of nitrogens with one attached hydrogen (secondary N) is 1. The van der Waals surface area contributed by atoms with Gasteiger partial charge in [-0.15, -0.1) is 0 Å². The zero-order valence-corrected chi connectivity index (χ0v) is 8.23. The van der Waals surface area contributed by atoms with Gasteiger partial charge in [-0.25, -0.2) is 4.79 Å². The van der Waals surface area contributed by atoms with Crippen LogP contribution in [0.15, 0.2) is 36.0 Å². The first-order valence-electron chi connectivity index (χ1n) is 4.54. The minimum Gasteiger partial charge on any atom is -0.303 e. The molecule has 1 N–H and O–H groups in total. The van der Waals surface area contributed by atoms with E-state index < -0.39 is 0 Å². The lowest BCUT2D eigenvalue weighted by Gasteiger charge is -1.99. The number of amides is 3. The van der Waals surface area contributed by atoms with E-state index in [2.05, 4.69) is 5.32 Å². The Morgan fingerprint density at radius 3 is 2.40 bits per heavy atom. The lowest BCUT2D eigenvalue weighted by molar-refractivity contribution is -0.121. The summed E-state index contributed by atoms with van der Waals surface area (Å²) in [6, 6.07) is 8.98. The topological polar surface area (TPSA) is 49.4 Å². The SMILES string of the molecule is CN1C(=O)N/C(=C\c2ccccc2)C1=O. The highest BCUT2D eigenvalue weighted by Crippen LogP contribution is 2.11. The first-order chi connectivity index (χ1) is 7.18. The summed E-state index contributed by atoms with van der Waals surface area (Å²) >= 11 is 0. The molecular formula is C11H10N2O2. The van der Waals surface area contributed by atoms with Gasteiger partial charge in [-0.3, -0.25) is 9.69 Å². The highest BCUT2D eigenvalue weighted by Gasteiger charge is 2.29. The van der Waals surface area contributed by atoms with Crippen LogP contribution in [0, 0.1) is 0 Å². The highest BCUT2D eigenvalue weighted by molar-refractivity contribution is 6.13. The van der Waals surface area contributed by atoms with Gasteiger partial charge in [0.05, 0.1) is 0 Å². The molecule has 1 aromatic carbocycles. The Morgan fingerprint density at radius 2 is 1.87 bits per heavy atom. The van der Waals surface area contributed by atoms with Crippen molar-refractivity contribution >= 4 is 18.0 Å². The van der Waals surface area contributed by atoms with E-state index in [9.17, 15) is 9.59 Å². The second-order valence-corrected chi connectivity index (χ2v) is 3.26. The number of hydrogen-bond acceptors (Lipinski definition) is 2. The lowest BCUT2D eigenvalue weighted by Crippen LogP contribution is -2.25. The van der Waals surface area contributed by atoms with Gasteiger partial charge in [0, 0.05) is 7.05 Å². The third kappa shape index (κ3) is 1.74. The maximum Gasteiger partial charge on any atom is 0.328 e. The van der Waals surface area contributed by atoms with Crippen LogP contribution in [0.3, 0.4) is 0 Å². The molecule has 1 fully saturated rings. The van der Waals surface area contributed by atoms with E-state index >= 15 is 0 Å². The molecule has 0 bridgehead atoms. The molecule has 1 saturated heterocycles. The number of hydrogen-bond donors (Lipinski definition) is 1. The number of carbonyl (C=O) groups excluding carboxylic acids is 2. The number of likely N-dealkylation sites (N-methyl/N-ethyl adjacent to an activating group) is 1. The van der Waals surface area contributed by atoms with E-state index in [0.717, 1.165) is 10.5 Å². The van der Waals surface area contributed by atoms with Crippen LogP contribution in [0.25, 0.3) is 6.08 Å². The predicted octanol–water partition coefficient (Wildman–Crippen LogP) is 1.21. The van der Waals surface area contributed by atoms with Crippen LogP contribution in [0.2, 0.25) is 0 Å². The average Bonchev–Trinajstić information content (AvgIpc) is 2.48. The van der Waals surface area contributed by atoms with Crippen LogP contribution in [-0.2, 0) is 4.79 Å². The van der Waals surface area contributed by atoms with Crippen LogP contribution in [0.5, 0.6) is 0 Å². The minimum absolute atomic E-state index is 0.302. The Morgan fingerprint density at radius 1 is 1.20 bits per heavy atom. The van der Waals surface area contributed by atoms with Crippen molar-refractivity contribution in [1.82, 2.24) is 10.2 Å². The summed E-state index contributed by atoms with van der Waals surface area (Å²) in [5.74, 6) is -0.302. The molecule has 0 aromatic heterocycles. The maximum absolute atomic E-state index is 11.5. The van der Waals surface area contributed by atoms with Crippen LogP contribution < -0.4 is 5.32 Å². The molecule has 1 heterocycles. The van der Waals surface area contributed by atoms with Gasteiger partial charge in [-0.2, -0.15) is 0 Å². The number of carbonyl (C=O) groups is 2. The third-order valence-corrected chi connectivity index (χ3v) is 2.19. The number of imide groups is 1. The van der Waals surface area contributed by atoms with E-state index in [1.165, 1.54) is 7.05 Å². The van der Waals surface area contributed by atoms with E-state index in [4.69, 9.17) is 0 Å². The maximum atomic E-state index is 11.5. The van der Waals surface area contributed by atoms with E-state index in [-0.39, 0.29) is 11.9 Å². The number of rotatable bonds is 1. The van der Waals surface area contributed by atoms with Gasteiger partial charge >= 0.3 is 6.03 Å².